The molecule has 1 aromatic carbocycles. The van der Waals surface area contributed by atoms with Gasteiger partial charge < -0.3 is 15.2 Å². The molecule has 0 spiro atoms. The number of rotatable bonds is 2. The molecule has 1 aliphatic heterocycles. The molecule has 0 aliphatic carbocycles. The molecule has 19 heavy (non-hydrogen) atoms. The van der Waals surface area contributed by atoms with Crippen LogP contribution in [0.25, 0.3) is 6.08 Å². The second-order valence-corrected chi connectivity index (χ2v) is 3.88. The van der Waals surface area contributed by atoms with Gasteiger partial charge in [-0.1, -0.05) is 30.3 Å². The number of carboxylic acids is 1. The van der Waals surface area contributed by atoms with Gasteiger partial charge >= 0.3 is 11.8 Å². The van der Waals surface area contributed by atoms with Crippen molar-refractivity contribution < 1.29 is 14.8 Å². The SMILES string of the molecule is O=C(O)C1C=CN=C([N+](=O)[O-])C1=Cc1ccccc1. The fraction of sp³-hybridized carbons (Fsp3) is 0.0769. The lowest BCUT2D eigenvalue weighted by atomic mass is 9.94. The predicted octanol–water partition coefficient (Wildman–Crippen LogP) is 1.97. The summed E-state index contributed by atoms with van der Waals surface area (Å²) in [5.41, 5.74) is 0.764. The number of hydrogen-bond donors (Lipinski definition) is 1. The van der Waals surface area contributed by atoms with E-state index in [1.165, 1.54) is 12.2 Å². The van der Waals surface area contributed by atoms with Gasteiger partial charge in [0.15, 0.2) is 0 Å². The Hall–Kier alpha value is -2.76. The Morgan fingerprint density at radius 3 is 2.63 bits per heavy atom. The Labute approximate surface area is 108 Å². The van der Waals surface area contributed by atoms with Crippen LogP contribution in [-0.4, -0.2) is 21.8 Å². The first-order valence-electron chi connectivity index (χ1n) is 5.48. The van der Waals surface area contributed by atoms with Crippen LogP contribution >= 0.6 is 0 Å². The summed E-state index contributed by atoms with van der Waals surface area (Å²) in [5.74, 6) is -2.63. The van der Waals surface area contributed by atoms with E-state index >= 15 is 0 Å². The van der Waals surface area contributed by atoms with Crippen LogP contribution in [0.15, 0.2) is 53.2 Å². The number of aliphatic carboxylic acids is 1. The minimum atomic E-state index is -1.15. The van der Waals surface area contributed by atoms with Crippen LogP contribution in [-0.2, 0) is 4.79 Å². The normalized spacial score (nSPS) is 20.1. The molecular weight excluding hydrogens is 248 g/mol. The molecule has 6 nitrogen and oxygen atoms in total. The molecule has 1 unspecified atom stereocenters. The average molecular weight is 258 g/mol. The van der Waals surface area contributed by atoms with Crippen LogP contribution in [0.1, 0.15) is 5.56 Å². The molecule has 0 bridgehead atoms. The number of nitro groups is 1. The maximum Gasteiger partial charge on any atom is 0.367 e. The lowest BCUT2D eigenvalue weighted by molar-refractivity contribution is -0.349. The molecule has 0 saturated carbocycles. The predicted molar refractivity (Wildman–Crippen MR) is 69.1 cm³/mol. The van der Waals surface area contributed by atoms with Gasteiger partial charge in [-0.3, -0.25) is 4.79 Å². The highest BCUT2D eigenvalue weighted by atomic mass is 16.6. The van der Waals surface area contributed by atoms with E-state index in [1.807, 2.05) is 0 Å². The van der Waals surface area contributed by atoms with Crippen LogP contribution in [0.5, 0.6) is 0 Å². The number of aliphatic imine (C=N–C) groups is 1. The summed E-state index contributed by atoms with van der Waals surface area (Å²) >= 11 is 0. The molecule has 1 N–H and O–H groups in total. The van der Waals surface area contributed by atoms with Crippen molar-refractivity contribution in [3.8, 4) is 0 Å². The van der Waals surface area contributed by atoms with Crippen molar-refractivity contribution in [3.63, 3.8) is 0 Å². The van der Waals surface area contributed by atoms with Crippen LogP contribution in [0, 0.1) is 16.0 Å². The zero-order valence-corrected chi connectivity index (χ0v) is 9.76. The van der Waals surface area contributed by atoms with Gasteiger partial charge in [0.05, 0.1) is 5.57 Å². The molecule has 2 rings (SSSR count). The zero-order valence-electron chi connectivity index (χ0n) is 9.76. The van der Waals surface area contributed by atoms with Crippen LogP contribution < -0.4 is 0 Å². The van der Waals surface area contributed by atoms with Gasteiger partial charge in [-0.2, -0.15) is 0 Å². The van der Waals surface area contributed by atoms with Crippen molar-refractivity contribution in [1.29, 1.82) is 0 Å². The van der Waals surface area contributed by atoms with Crippen molar-refractivity contribution in [3.05, 3.63) is 63.9 Å². The van der Waals surface area contributed by atoms with E-state index in [-0.39, 0.29) is 5.57 Å². The molecule has 1 aromatic rings. The van der Waals surface area contributed by atoms with E-state index in [0.717, 1.165) is 6.20 Å². The molecular formula is C13H10N2O4. The zero-order chi connectivity index (χ0) is 13.8. The van der Waals surface area contributed by atoms with Crippen molar-refractivity contribution in [1.82, 2.24) is 0 Å². The number of carbonyl (C=O) groups is 1. The quantitative estimate of drug-likeness (QED) is 0.648. The summed E-state index contributed by atoms with van der Waals surface area (Å²) in [6.07, 6.45) is 3.95. The maximum absolute atomic E-state index is 11.2. The van der Waals surface area contributed by atoms with E-state index in [9.17, 15) is 14.9 Å². The first-order chi connectivity index (χ1) is 9.09. The van der Waals surface area contributed by atoms with E-state index in [0.29, 0.717) is 5.56 Å². The highest BCUT2D eigenvalue weighted by Crippen LogP contribution is 2.23. The Bertz CT molecular complexity index is 602. The van der Waals surface area contributed by atoms with Crippen LogP contribution in [0.4, 0.5) is 0 Å². The van der Waals surface area contributed by atoms with Crippen molar-refractivity contribution in [2.45, 2.75) is 0 Å². The fourth-order valence-electron chi connectivity index (χ4n) is 1.77. The van der Waals surface area contributed by atoms with Crippen molar-refractivity contribution in [2.75, 3.05) is 0 Å². The molecule has 6 heteroatoms. The summed E-state index contributed by atoms with van der Waals surface area (Å²) in [5, 5.41) is 20.0. The molecule has 0 saturated heterocycles. The summed E-state index contributed by atoms with van der Waals surface area (Å²) in [6.45, 7) is 0. The molecule has 0 amide bonds. The minimum absolute atomic E-state index is 0.0752. The van der Waals surface area contributed by atoms with Crippen molar-refractivity contribution >= 4 is 17.9 Å². The topological polar surface area (TPSA) is 92.8 Å². The summed E-state index contributed by atoms with van der Waals surface area (Å²) in [6, 6.07) is 8.82. The highest BCUT2D eigenvalue weighted by molar-refractivity contribution is 6.03. The van der Waals surface area contributed by atoms with E-state index in [2.05, 4.69) is 4.99 Å². The number of amidine groups is 1. The van der Waals surface area contributed by atoms with Gasteiger partial charge in [-0.25, -0.2) is 0 Å². The standard InChI is InChI=1S/C13H10N2O4/c16-13(17)10-6-7-14-12(15(18)19)11(10)8-9-4-2-1-3-5-9/h1-8,10H,(H,16,17). The maximum atomic E-state index is 11.2. The Morgan fingerprint density at radius 2 is 2.05 bits per heavy atom. The lowest BCUT2D eigenvalue weighted by Gasteiger charge is -2.12. The smallest absolute Gasteiger partial charge is 0.367 e. The Morgan fingerprint density at radius 1 is 1.37 bits per heavy atom. The third kappa shape index (κ3) is 2.74. The van der Waals surface area contributed by atoms with E-state index in [1.54, 1.807) is 30.3 Å². The third-order valence-electron chi connectivity index (χ3n) is 2.63. The van der Waals surface area contributed by atoms with Gasteiger partial charge in [-0.05, 0) is 27.6 Å². The largest absolute Gasteiger partial charge is 0.481 e. The molecule has 1 atom stereocenters. The third-order valence-corrected chi connectivity index (χ3v) is 2.63. The summed E-state index contributed by atoms with van der Waals surface area (Å²) < 4.78 is 0. The van der Waals surface area contributed by atoms with Crippen molar-refractivity contribution in [2.24, 2.45) is 10.9 Å². The monoisotopic (exact) mass is 258 g/mol. The molecule has 1 aliphatic rings. The second-order valence-electron chi connectivity index (χ2n) is 3.88. The first kappa shape index (κ1) is 12.7. The van der Waals surface area contributed by atoms with Gasteiger partial charge in [0.2, 0.25) is 0 Å². The number of carboxylic acid groups (broad SMARTS) is 1. The highest BCUT2D eigenvalue weighted by Gasteiger charge is 2.33. The minimum Gasteiger partial charge on any atom is -0.481 e. The van der Waals surface area contributed by atoms with Crippen LogP contribution in [0.3, 0.4) is 0 Å². The fourth-order valence-corrected chi connectivity index (χ4v) is 1.77. The van der Waals surface area contributed by atoms with Gasteiger partial charge in [0.1, 0.15) is 12.1 Å². The average Bonchev–Trinajstić information content (AvgIpc) is 2.39. The number of benzene rings is 1. The van der Waals surface area contributed by atoms with Gasteiger partial charge in [-0.15, -0.1) is 0 Å². The Kier molecular flexibility index (Phi) is 3.51. The molecule has 0 fully saturated rings. The van der Waals surface area contributed by atoms with Gasteiger partial charge in [0.25, 0.3) is 0 Å². The number of nitrogens with zero attached hydrogens (tertiary/aromatic N) is 2. The summed E-state index contributed by atoms with van der Waals surface area (Å²) in [7, 11) is 0. The van der Waals surface area contributed by atoms with Crippen LogP contribution in [0.2, 0.25) is 0 Å². The summed E-state index contributed by atoms with van der Waals surface area (Å²) in [4.78, 5) is 25.1. The Balaban J connectivity index is 2.50. The second kappa shape index (κ2) is 5.26. The first-order valence-corrected chi connectivity index (χ1v) is 5.48. The van der Waals surface area contributed by atoms with E-state index < -0.39 is 22.6 Å². The number of hydrogen-bond acceptors (Lipinski definition) is 4. The molecule has 1 heterocycles. The molecule has 96 valence electrons. The van der Waals surface area contributed by atoms with E-state index in [4.69, 9.17) is 5.11 Å². The van der Waals surface area contributed by atoms with Gasteiger partial charge in [0, 0.05) is 0 Å². The molecule has 0 aromatic heterocycles. The molecule has 0 radical (unpaired) electrons. The lowest BCUT2D eigenvalue weighted by Crippen LogP contribution is -2.26.